The molecule has 4 saturated carbocycles. The van der Waals surface area contributed by atoms with Crippen LogP contribution in [0.1, 0.15) is 285 Å². The zero-order valence-corrected chi connectivity index (χ0v) is 63.0. The standard InChI is InChI=1S/C81H127NO5S.Na/c1-59(2)26-18-27-60(3)28-19-29-61(4)30-20-31-62(5)32-21-33-63(6)34-22-35-64(7)36-23-37-65(8)38-24-39-66(9)40-25-41-67(10)48-56-88-57-55-82-75(86)78(14)52-51-77(13)53-54-80(16)68(69(77)58-78)42-43-71-79(15)49-47-72(87-74(85)45-44-73(83)84)76(11,12)70(79)46-50-81(71,80)17;/h26,28,30,32,34,36,38,40,42,44-45,48,69-72H,18-25,27,29,31,33,35,37,39,41,43,46-47,49-58H2,1-17H3,(H,82,86)(H,83,84);/q;+1/p-1/b45-44+,60-28+,61-30+,62-32+,63-34+,64-36+,65-38+,66-40+,67-48+;/t69-,70?,71?,72+,77-,78-,79+,80-,81-;/m1./s1. The van der Waals surface area contributed by atoms with Crippen molar-refractivity contribution in [3.8, 4) is 0 Å². The van der Waals surface area contributed by atoms with Crippen LogP contribution in [0.3, 0.4) is 0 Å². The predicted molar refractivity (Wildman–Crippen MR) is 377 cm³/mol. The van der Waals surface area contributed by atoms with Gasteiger partial charge in [0.05, 0.1) is 5.97 Å². The van der Waals surface area contributed by atoms with E-state index < -0.39 is 11.9 Å². The number of amides is 1. The molecule has 492 valence electrons. The molecule has 4 fully saturated rings. The van der Waals surface area contributed by atoms with Crippen LogP contribution in [0.25, 0.3) is 0 Å². The summed E-state index contributed by atoms with van der Waals surface area (Å²) in [5.74, 6) is 1.44. The number of aliphatic carboxylic acids is 1. The summed E-state index contributed by atoms with van der Waals surface area (Å²) in [6, 6.07) is 0. The zero-order chi connectivity index (χ0) is 64.9. The molecule has 0 aromatic rings. The van der Waals surface area contributed by atoms with E-state index in [0.29, 0.717) is 24.3 Å². The van der Waals surface area contributed by atoms with Crippen LogP contribution in [0.4, 0.5) is 0 Å². The molecule has 1 N–H and O–H groups in total. The van der Waals surface area contributed by atoms with Gasteiger partial charge in [-0.2, -0.15) is 11.8 Å². The number of hydrogen-bond donors (Lipinski definition) is 1. The van der Waals surface area contributed by atoms with E-state index in [2.05, 4.69) is 184 Å². The van der Waals surface area contributed by atoms with Crippen LogP contribution in [-0.4, -0.2) is 42.0 Å². The van der Waals surface area contributed by atoms with Gasteiger partial charge in [-0.1, -0.05) is 165 Å². The third-order valence-electron chi connectivity index (χ3n) is 23.3. The molecule has 5 rings (SSSR count). The molecule has 6 nitrogen and oxygen atoms in total. The molecule has 8 heteroatoms. The first kappa shape index (κ1) is 78.3. The number of rotatable bonds is 33. The molecular weight excluding hydrogens is 1120 g/mol. The Hall–Kier alpha value is -3.10. The number of ether oxygens (including phenoxy) is 1. The summed E-state index contributed by atoms with van der Waals surface area (Å²) in [4.78, 5) is 37.9. The van der Waals surface area contributed by atoms with Crippen molar-refractivity contribution >= 4 is 29.6 Å². The largest absolute Gasteiger partial charge is 1.00 e. The van der Waals surface area contributed by atoms with Gasteiger partial charge in [-0.05, 0) is 282 Å². The minimum absolute atomic E-state index is 0. The van der Waals surface area contributed by atoms with Gasteiger partial charge in [0.25, 0.3) is 0 Å². The number of hydrogen-bond acceptors (Lipinski definition) is 6. The summed E-state index contributed by atoms with van der Waals surface area (Å²) >= 11 is 1.92. The van der Waals surface area contributed by atoms with E-state index in [9.17, 15) is 19.5 Å². The summed E-state index contributed by atoms with van der Waals surface area (Å²) in [6.45, 7) is 40.5. The molecule has 0 aromatic carbocycles. The molecular formula is C81H126NNaO5S. The van der Waals surface area contributed by atoms with Crippen LogP contribution >= 0.6 is 11.8 Å². The monoisotopic (exact) mass is 1250 g/mol. The number of carbonyl (C=O) groups is 3. The number of carboxylic acid groups (broad SMARTS) is 1. The predicted octanol–water partition coefficient (Wildman–Crippen LogP) is 18.6. The van der Waals surface area contributed by atoms with Gasteiger partial charge in [0.15, 0.2) is 0 Å². The van der Waals surface area contributed by atoms with Crippen molar-refractivity contribution in [1.29, 1.82) is 0 Å². The van der Waals surface area contributed by atoms with E-state index in [1.807, 2.05) is 11.8 Å². The number of carboxylic acids is 1. The summed E-state index contributed by atoms with van der Waals surface area (Å²) in [6.07, 6.45) is 54.8. The second kappa shape index (κ2) is 36.5. The van der Waals surface area contributed by atoms with E-state index in [1.54, 1.807) is 5.57 Å². The number of esters is 1. The fourth-order valence-electron chi connectivity index (χ4n) is 17.0. The third-order valence-corrected chi connectivity index (χ3v) is 24.2. The first-order valence-electron chi connectivity index (χ1n) is 35.0. The van der Waals surface area contributed by atoms with Gasteiger partial charge in [-0.15, -0.1) is 0 Å². The summed E-state index contributed by atoms with van der Waals surface area (Å²) < 4.78 is 5.97. The van der Waals surface area contributed by atoms with Gasteiger partial charge < -0.3 is 20.0 Å². The first-order chi connectivity index (χ1) is 41.5. The molecule has 1 amide bonds. The van der Waals surface area contributed by atoms with Crippen molar-refractivity contribution in [2.75, 3.05) is 18.1 Å². The average Bonchev–Trinajstić information content (AvgIpc) is 0.693. The van der Waals surface area contributed by atoms with Gasteiger partial charge in [-0.3, -0.25) is 4.79 Å². The fraction of sp³-hybridized carbons (Fsp3) is 0.691. The van der Waals surface area contributed by atoms with Gasteiger partial charge in [-0.25, -0.2) is 4.79 Å². The normalized spacial score (nSPS) is 29.5. The van der Waals surface area contributed by atoms with Gasteiger partial charge in [0, 0.05) is 35.0 Å². The second-order valence-corrected chi connectivity index (χ2v) is 32.2. The summed E-state index contributed by atoms with van der Waals surface area (Å²) in [5.41, 5.74) is 15.0. The maximum absolute atomic E-state index is 14.2. The molecule has 0 aliphatic heterocycles. The van der Waals surface area contributed by atoms with Crippen LogP contribution in [0.5, 0.6) is 0 Å². The molecule has 2 unspecified atom stereocenters. The van der Waals surface area contributed by atoms with Crippen LogP contribution < -0.4 is 40.0 Å². The van der Waals surface area contributed by atoms with E-state index in [1.165, 1.54) is 82.3 Å². The maximum Gasteiger partial charge on any atom is 1.00 e. The van der Waals surface area contributed by atoms with Crippen molar-refractivity contribution in [3.05, 3.63) is 129 Å². The minimum Gasteiger partial charge on any atom is -0.545 e. The second-order valence-electron chi connectivity index (χ2n) is 31.0. The Labute approximate surface area is 572 Å². The topological polar surface area (TPSA) is 95.5 Å². The number of carbonyl (C=O) groups excluding carboxylic acids is 3. The third kappa shape index (κ3) is 22.8. The Kier molecular flexibility index (Phi) is 32.2. The molecule has 0 aromatic heterocycles. The van der Waals surface area contributed by atoms with Crippen LogP contribution in [-0.2, 0) is 19.1 Å². The Bertz CT molecular complexity index is 2720. The van der Waals surface area contributed by atoms with Crippen molar-refractivity contribution in [3.63, 3.8) is 0 Å². The molecule has 89 heavy (non-hydrogen) atoms. The van der Waals surface area contributed by atoms with Crippen molar-refractivity contribution in [1.82, 2.24) is 5.32 Å². The van der Waals surface area contributed by atoms with E-state index in [-0.39, 0.29) is 74.1 Å². The number of thioether (sulfide) groups is 1. The summed E-state index contributed by atoms with van der Waals surface area (Å²) in [7, 11) is 0. The van der Waals surface area contributed by atoms with E-state index >= 15 is 0 Å². The number of allylic oxidation sites excluding steroid dienone is 19. The summed E-state index contributed by atoms with van der Waals surface area (Å²) in [5, 5.41) is 14.4. The molecule has 5 aliphatic carbocycles. The zero-order valence-electron chi connectivity index (χ0n) is 60.2. The van der Waals surface area contributed by atoms with Gasteiger partial charge in [0.2, 0.25) is 5.91 Å². The van der Waals surface area contributed by atoms with Crippen LogP contribution in [0, 0.1) is 50.2 Å². The Morgan fingerprint density at radius 2 is 0.989 bits per heavy atom. The molecule has 0 radical (unpaired) electrons. The van der Waals surface area contributed by atoms with Crippen LogP contribution in [0.15, 0.2) is 129 Å². The maximum atomic E-state index is 14.2. The average molecular weight is 1250 g/mol. The van der Waals surface area contributed by atoms with Gasteiger partial charge in [0.1, 0.15) is 6.10 Å². The molecule has 0 bridgehead atoms. The number of fused-ring (bicyclic) bond motifs is 7. The number of nitrogens with one attached hydrogen (secondary N) is 1. The minimum atomic E-state index is -1.39. The Morgan fingerprint density at radius 3 is 1.44 bits per heavy atom. The van der Waals surface area contributed by atoms with Crippen molar-refractivity contribution in [2.24, 2.45) is 50.2 Å². The molecule has 5 aliphatic rings. The quantitative estimate of drug-likeness (QED) is 0.0231. The molecule has 9 atom stereocenters. The van der Waals surface area contributed by atoms with E-state index in [4.69, 9.17) is 4.74 Å². The SMILES string of the molecule is CC(C)=CCC/C(C)=C/CC/C(C)=C/CC/C(C)=C/CC/C(C)=C/CC/C(C)=C/CC/C(C)=C/CC/C(C)=C/CC/C(C)=C/CSCCNC(=O)[C@]1(C)CC[C@]2(C)CC[C@]3(C)C(=CCC4[C@@]5(C)CC[C@H](OC(=O)/C=C/C(=O)[O-])C(C)(C)C5CC[C@]43C)[C@H]2C1.[Na+]. The van der Waals surface area contributed by atoms with Crippen molar-refractivity contribution < 1.29 is 53.8 Å². The van der Waals surface area contributed by atoms with E-state index in [0.717, 1.165) is 158 Å². The van der Waals surface area contributed by atoms with Crippen molar-refractivity contribution in [2.45, 2.75) is 291 Å². The smallest absolute Gasteiger partial charge is 0.545 e. The Balaban J connectivity index is 0.0000169. The first-order valence-corrected chi connectivity index (χ1v) is 36.2. The fourth-order valence-corrected chi connectivity index (χ4v) is 17.8. The van der Waals surface area contributed by atoms with Crippen LogP contribution in [0.2, 0.25) is 0 Å². The molecule has 0 heterocycles. The molecule has 0 spiro atoms. The van der Waals surface area contributed by atoms with Gasteiger partial charge >= 0.3 is 35.5 Å². The Morgan fingerprint density at radius 1 is 0.551 bits per heavy atom. The molecule has 0 saturated heterocycles.